The minimum Gasteiger partial charge on any atom is -0.388 e. The van der Waals surface area contributed by atoms with Gasteiger partial charge in [-0.1, -0.05) is 48.9 Å². The van der Waals surface area contributed by atoms with Crippen molar-refractivity contribution in [2.45, 2.75) is 25.9 Å². The molecule has 100 valence electrons. The van der Waals surface area contributed by atoms with Crippen molar-refractivity contribution in [3.05, 3.63) is 70.0 Å². The van der Waals surface area contributed by atoms with Gasteiger partial charge in [0.25, 0.3) is 0 Å². The molecule has 1 N–H and O–H groups in total. The van der Waals surface area contributed by atoms with Crippen molar-refractivity contribution in [3.8, 4) is 0 Å². The maximum absolute atomic E-state index is 13.6. The van der Waals surface area contributed by atoms with Crippen LogP contribution in [0.2, 0.25) is 5.02 Å². The van der Waals surface area contributed by atoms with Gasteiger partial charge in [-0.25, -0.2) is 4.39 Å². The zero-order chi connectivity index (χ0) is 13.8. The van der Waals surface area contributed by atoms with Gasteiger partial charge < -0.3 is 5.11 Å². The first-order valence-corrected chi connectivity index (χ1v) is 6.68. The fraction of sp³-hybridized carbons (Fsp3) is 0.250. The summed E-state index contributed by atoms with van der Waals surface area (Å²) in [5.41, 5.74) is 2.48. The smallest absolute Gasteiger partial charge is 0.127 e. The first kappa shape index (κ1) is 14.0. The third-order valence-corrected chi connectivity index (χ3v) is 3.44. The van der Waals surface area contributed by atoms with Crippen LogP contribution in [0.4, 0.5) is 4.39 Å². The van der Waals surface area contributed by atoms with E-state index in [4.69, 9.17) is 11.6 Å². The molecule has 0 radical (unpaired) electrons. The first-order chi connectivity index (χ1) is 9.10. The van der Waals surface area contributed by atoms with E-state index in [1.165, 1.54) is 11.6 Å². The van der Waals surface area contributed by atoms with Gasteiger partial charge in [0.2, 0.25) is 0 Å². The summed E-state index contributed by atoms with van der Waals surface area (Å²) in [6, 6.07) is 12.3. The van der Waals surface area contributed by atoms with Crippen LogP contribution in [0.3, 0.4) is 0 Å². The summed E-state index contributed by atoms with van der Waals surface area (Å²) < 4.78 is 13.6. The minimum absolute atomic E-state index is 0.245. The highest BCUT2D eigenvalue weighted by Gasteiger charge is 2.12. The van der Waals surface area contributed by atoms with Crippen LogP contribution in [-0.2, 0) is 12.8 Å². The van der Waals surface area contributed by atoms with Crippen molar-refractivity contribution in [2.75, 3.05) is 0 Å². The molecule has 2 rings (SSSR count). The molecular formula is C16H16ClFO. The topological polar surface area (TPSA) is 20.2 Å². The molecule has 1 atom stereocenters. The van der Waals surface area contributed by atoms with Gasteiger partial charge in [0.15, 0.2) is 0 Å². The number of aliphatic hydroxyl groups is 1. The van der Waals surface area contributed by atoms with Gasteiger partial charge in [-0.2, -0.15) is 0 Å². The zero-order valence-electron chi connectivity index (χ0n) is 10.7. The standard InChI is InChI=1S/C16H16ClFO/c1-2-11-3-5-12(6-4-11)16(19)9-13-7-8-14(17)10-15(13)18/h3-8,10,16,19H,2,9H2,1H3. The fourth-order valence-corrected chi connectivity index (χ4v) is 2.15. The molecule has 0 aliphatic heterocycles. The molecule has 0 amide bonds. The number of rotatable bonds is 4. The lowest BCUT2D eigenvalue weighted by Gasteiger charge is -2.12. The number of hydrogen-bond donors (Lipinski definition) is 1. The summed E-state index contributed by atoms with van der Waals surface area (Å²) in [7, 11) is 0. The molecule has 2 aromatic rings. The fourth-order valence-electron chi connectivity index (χ4n) is 1.99. The van der Waals surface area contributed by atoms with E-state index in [2.05, 4.69) is 6.92 Å². The van der Waals surface area contributed by atoms with E-state index in [0.717, 1.165) is 12.0 Å². The second-order valence-corrected chi connectivity index (χ2v) is 4.99. The second-order valence-electron chi connectivity index (χ2n) is 4.55. The Hall–Kier alpha value is -1.38. The van der Waals surface area contributed by atoms with Gasteiger partial charge in [-0.15, -0.1) is 0 Å². The molecule has 0 heterocycles. The van der Waals surface area contributed by atoms with Crippen LogP contribution in [0.1, 0.15) is 29.7 Å². The van der Waals surface area contributed by atoms with Gasteiger partial charge in [0, 0.05) is 11.4 Å². The summed E-state index contributed by atoms with van der Waals surface area (Å²) in [6.45, 7) is 2.08. The largest absolute Gasteiger partial charge is 0.388 e. The molecule has 0 saturated heterocycles. The van der Waals surface area contributed by atoms with Crippen LogP contribution in [0.5, 0.6) is 0 Å². The number of aryl methyl sites for hydroxylation is 1. The number of halogens is 2. The molecule has 1 nitrogen and oxygen atoms in total. The Bertz CT molecular complexity index is 551. The lowest BCUT2D eigenvalue weighted by molar-refractivity contribution is 0.177. The van der Waals surface area contributed by atoms with Crippen LogP contribution < -0.4 is 0 Å². The van der Waals surface area contributed by atoms with Crippen molar-refractivity contribution in [1.29, 1.82) is 0 Å². The summed E-state index contributed by atoms with van der Waals surface area (Å²) in [5.74, 6) is -0.378. The SMILES string of the molecule is CCc1ccc(C(O)Cc2ccc(Cl)cc2F)cc1. The maximum atomic E-state index is 13.6. The van der Waals surface area contributed by atoms with Crippen molar-refractivity contribution in [2.24, 2.45) is 0 Å². The Labute approximate surface area is 117 Å². The lowest BCUT2D eigenvalue weighted by Crippen LogP contribution is -2.03. The van der Waals surface area contributed by atoms with E-state index < -0.39 is 6.10 Å². The summed E-state index contributed by atoms with van der Waals surface area (Å²) in [5, 5.41) is 10.5. The third-order valence-electron chi connectivity index (χ3n) is 3.20. The molecule has 3 heteroatoms. The van der Waals surface area contributed by atoms with Gasteiger partial charge in [0.05, 0.1) is 6.10 Å². The number of aliphatic hydroxyl groups excluding tert-OH is 1. The summed E-state index contributed by atoms with van der Waals surface area (Å²) >= 11 is 5.70. The molecule has 0 fully saturated rings. The van der Waals surface area contributed by atoms with Gasteiger partial charge in [-0.3, -0.25) is 0 Å². The third kappa shape index (κ3) is 3.55. The molecule has 0 aliphatic carbocycles. The highest BCUT2D eigenvalue weighted by molar-refractivity contribution is 6.30. The molecule has 0 bridgehead atoms. The lowest BCUT2D eigenvalue weighted by atomic mass is 9.99. The zero-order valence-corrected chi connectivity index (χ0v) is 11.5. The van der Waals surface area contributed by atoms with Crippen LogP contribution in [0.15, 0.2) is 42.5 Å². The highest BCUT2D eigenvalue weighted by Crippen LogP contribution is 2.22. The van der Waals surface area contributed by atoms with Crippen molar-refractivity contribution in [3.63, 3.8) is 0 Å². The highest BCUT2D eigenvalue weighted by atomic mass is 35.5. The first-order valence-electron chi connectivity index (χ1n) is 6.31. The molecule has 2 aromatic carbocycles. The van der Waals surface area contributed by atoms with Crippen LogP contribution in [-0.4, -0.2) is 5.11 Å². The van der Waals surface area contributed by atoms with E-state index in [0.29, 0.717) is 10.6 Å². The van der Waals surface area contributed by atoms with Crippen molar-refractivity contribution in [1.82, 2.24) is 0 Å². The van der Waals surface area contributed by atoms with Crippen molar-refractivity contribution < 1.29 is 9.50 Å². The van der Waals surface area contributed by atoms with Crippen molar-refractivity contribution >= 4 is 11.6 Å². The molecular weight excluding hydrogens is 263 g/mol. The Morgan fingerprint density at radius 1 is 1.16 bits per heavy atom. The molecule has 0 aromatic heterocycles. The van der Waals surface area contributed by atoms with E-state index in [1.807, 2.05) is 24.3 Å². The average molecular weight is 279 g/mol. The molecule has 0 spiro atoms. The van der Waals surface area contributed by atoms with Crippen LogP contribution in [0, 0.1) is 5.82 Å². The predicted octanol–water partition coefficient (Wildman–Crippen LogP) is 4.32. The van der Waals surface area contributed by atoms with E-state index in [-0.39, 0.29) is 12.2 Å². The molecule has 19 heavy (non-hydrogen) atoms. The monoisotopic (exact) mass is 278 g/mol. The summed E-state index contributed by atoms with van der Waals surface area (Å²) in [6.07, 6.45) is 0.498. The maximum Gasteiger partial charge on any atom is 0.127 e. The van der Waals surface area contributed by atoms with E-state index in [9.17, 15) is 9.50 Å². The average Bonchev–Trinajstić information content (AvgIpc) is 2.42. The molecule has 0 saturated carbocycles. The quantitative estimate of drug-likeness (QED) is 0.883. The normalized spacial score (nSPS) is 12.4. The van der Waals surface area contributed by atoms with E-state index in [1.54, 1.807) is 12.1 Å². The van der Waals surface area contributed by atoms with E-state index >= 15 is 0 Å². The minimum atomic E-state index is -0.707. The Balaban J connectivity index is 2.13. The predicted molar refractivity (Wildman–Crippen MR) is 75.9 cm³/mol. The Morgan fingerprint density at radius 3 is 2.42 bits per heavy atom. The van der Waals surface area contributed by atoms with Gasteiger partial charge in [-0.05, 0) is 35.2 Å². The van der Waals surface area contributed by atoms with Gasteiger partial charge >= 0.3 is 0 Å². The summed E-state index contributed by atoms with van der Waals surface area (Å²) in [4.78, 5) is 0. The Kier molecular flexibility index (Phi) is 4.56. The van der Waals surface area contributed by atoms with Crippen LogP contribution in [0.25, 0.3) is 0 Å². The molecule has 0 aliphatic rings. The molecule has 1 unspecified atom stereocenters. The van der Waals surface area contributed by atoms with Crippen LogP contribution >= 0.6 is 11.6 Å². The Morgan fingerprint density at radius 2 is 1.84 bits per heavy atom. The number of benzene rings is 2. The second kappa shape index (κ2) is 6.18. The van der Waals surface area contributed by atoms with Gasteiger partial charge in [0.1, 0.15) is 5.82 Å². The number of hydrogen-bond acceptors (Lipinski definition) is 1.